The number of hydrogen-bond acceptors (Lipinski definition) is 5. The van der Waals surface area contributed by atoms with Crippen LogP contribution in [0, 0.1) is 6.92 Å². The summed E-state index contributed by atoms with van der Waals surface area (Å²) in [6.45, 7) is 4.51. The first-order valence-corrected chi connectivity index (χ1v) is 8.58. The summed E-state index contributed by atoms with van der Waals surface area (Å²) < 4.78 is 12.3. The molecule has 1 aromatic heterocycles. The van der Waals surface area contributed by atoms with E-state index in [0.29, 0.717) is 17.7 Å². The summed E-state index contributed by atoms with van der Waals surface area (Å²) in [5.74, 6) is 1.39. The number of aryl methyl sites for hydroxylation is 1. The molecule has 0 bridgehead atoms. The first kappa shape index (κ1) is 17.9. The molecule has 3 rings (SSSR count). The van der Waals surface area contributed by atoms with Crippen LogP contribution in [0.1, 0.15) is 12.6 Å². The van der Waals surface area contributed by atoms with Gasteiger partial charge in [-0.25, -0.2) is 4.68 Å². The van der Waals surface area contributed by atoms with E-state index in [1.54, 1.807) is 18.2 Å². The molecular weight excluding hydrogens is 332 g/mol. The van der Waals surface area contributed by atoms with Crippen LogP contribution in [-0.2, 0) is 6.54 Å². The molecule has 0 aliphatic carbocycles. The fraction of sp³-hybridized carbons (Fsp3) is 0.300. The molecule has 0 aliphatic rings. The Labute approximate surface area is 151 Å². The second kappa shape index (κ2) is 8.01. The van der Waals surface area contributed by atoms with E-state index in [4.69, 9.17) is 9.47 Å². The number of hydrogen-bond donors (Lipinski definition) is 1. The molecule has 6 nitrogen and oxygen atoms in total. The Morgan fingerprint density at radius 1 is 1.04 bits per heavy atom. The number of nitrogens with zero attached hydrogens (tertiary/aromatic N) is 2. The predicted molar refractivity (Wildman–Crippen MR) is 99.9 cm³/mol. The van der Waals surface area contributed by atoms with E-state index >= 15 is 0 Å². The van der Waals surface area contributed by atoms with Crippen LogP contribution < -0.4 is 15.0 Å². The van der Waals surface area contributed by atoms with Gasteiger partial charge in [-0.2, -0.15) is 5.10 Å². The maximum atomic E-state index is 12.5. The summed E-state index contributed by atoms with van der Waals surface area (Å²) in [6.07, 6.45) is -0.854. The molecule has 2 aromatic carbocycles. The summed E-state index contributed by atoms with van der Waals surface area (Å²) >= 11 is 0. The second-order valence-electron chi connectivity index (χ2n) is 5.99. The summed E-state index contributed by atoms with van der Waals surface area (Å²) in [5.41, 5.74) is 0.533. The third kappa shape index (κ3) is 4.03. The average Bonchev–Trinajstić information content (AvgIpc) is 2.66. The Morgan fingerprint density at radius 2 is 1.65 bits per heavy atom. The molecule has 0 saturated carbocycles. The number of benzene rings is 2. The Hall–Kier alpha value is -2.86. The zero-order chi connectivity index (χ0) is 18.5. The van der Waals surface area contributed by atoms with Gasteiger partial charge >= 0.3 is 0 Å². The van der Waals surface area contributed by atoms with Gasteiger partial charge in [-0.05, 0) is 44.2 Å². The van der Waals surface area contributed by atoms with Gasteiger partial charge in [0.25, 0.3) is 5.56 Å². The second-order valence-corrected chi connectivity index (χ2v) is 5.99. The lowest BCUT2D eigenvalue weighted by atomic mass is 10.1. The fourth-order valence-corrected chi connectivity index (χ4v) is 2.77. The van der Waals surface area contributed by atoms with Crippen molar-refractivity contribution >= 4 is 10.8 Å². The Balaban J connectivity index is 1.66. The predicted octanol–water partition coefficient (Wildman–Crippen LogP) is 2.54. The molecule has 0 amide bonds. The first-order chi connectivity index (χ1) is 12.6. The molecule has 0 aliphatic heterocycles. The molecule has 0 spiro atoms. The summed E-state index contributed by atoms with van der Waals surface area (Å²) in [7, 11) is 0. The largest absolute Gasteiger partial charge is 0.494 e. The van der Waals surface area contributed by atoms with Gasteiger partial charge in [0.2, 0.25) is 0 Å². The molecule has 6 heteroatoms. The Morgan fingerprint density at radius 3 is 2.31 bits per heavy atom. The number of aliphatic hydroxyl groups is 1. The quantitative estimate of drug-likeness (QED) is 0.706. The Bertz CT molecular complexity index is 935. The van der Waals surface area contributed by atoms with Gasteiger partial charge in [-0.3, -0.25) is 4.79 Å². The highest BCUT2D eigenvalue weighted by Crippen LogP contribution is 2.18. The van der Waals surface area contributed by atoms with E-state index in [9.17, 15) is 9.90 Å². The average molecular weight is 354 g/mol. The van der Waals surface area contributed by atoms with E-state index in [1.165, 1.54) is 4.68 Å². The van der Waals surface area contributed by atoms with Crippen molar-refractivity contribution in [1.29, 1.82) is 0 Å². The van der Waals surface area contributed by atoms with E-state index in [2.05, 4.69) is 5.10 Å². The minimum Gasteiger partial charge on any atom is -0.494 e. The van der Waals surface area contributed by atoms with Crippen LogP contribution in [0.25, 0.3) is 10.8 Å². The highest BCUT2D eigenvalue weighted by Gasteiger charge is 2.12. The van der Waals surface area contributed by atoms with Crippen molar-refractivity contribution in [3.63, 3.8) is 0 Å². The molecule has 0 saturated heterocycles. The standard InChI is InChI=1S/C20H22N2O4/c1-3-25-16-8-10-17(11-9-16)26-13-15(23)12-22-20(24)19-7-5-4-6-18(19)14(2)21-22/h4-11,15,23H,3,12-13H2,1-2H3. The van der Waals surface area contributed by atoms with Crippen LogP contribution >= 0.6 is 0 Å². The molecule has 26 heavy (non-hydrogen) atoms. The van der Waals surface area contributed by atoms with Crippen molar-refractivity contribution in [2.75, 3.05) is 13.2 Å². The number of aromatic nitrogens is 2. The number of fused-ring (bicyclic) bond motifs is 1. The van der Waals surface area contributed by atoms with Gasteiger partial charge in [-0.15, -0.1) is 0 Å². The van der Waals surface area contributed by atoms with Crippen molar-refractivity contribution < 1.29 is 14.6 Å². The van der Waals surface area contributed by atoms with Gasteiger partial charge < -0.3 is 14.6 Å². The van der Waals surface area contributed by atoms with Crippen LogP contribution in [-0.4, -0.2) is 34.2 Å². The molecule has 1 unspecified atom stereocenters. The van der Waals surface area contributed by atoms with Crippen LogP contribution in [0.3, 0.4) is 0 Å². The van der Waals surface area contributed by atoms with Gasteiger partial charge in [-0.1, -0.05) is 18.2 Å². The third-order valence-electron chi connectivity index (χ3n) is 4.01. The molecule has 1 heterocycles. The lowest BCUT2D eigenvalue weighted by molar-refractivity contribution is 0.0880. The highest BCUT2D eigenvalue weighted by atomic mass is 16.5. The van der Waals surface area contributed by atoms with Gasteiger partial charge in [0, 0.05) is 5.39 Å². The van der Waals surface area contributed by atoms with Crippen LogP contribution in [0.5, 0.6) is 11.5 Å². The summed E-state index contributed by atoms with van der Waals surface area (Å²) in [5, 5.41) is 16.0. The smallest absolute Gasteiger partial charge is 0.274 e. The van der Waals surface area contributed by atoms with Crippen LogP contribution in [0.4, 0.5) is 0 Å². The minimum atomic E-state index is -0.854. The zero-order valence-corrected chi connectivity index (χ0v) is 14.9. The normalized spacial score (nSPS) is 12.1. The number of aliphatic hydroxyl groups excluding tert-OH is 1. The van der Waals surface area contributed by atoms with Gasteiger partial charge in [0.1, 0.15) is 24.2 Å². The first-order valence-electron chi connectivity index (χ1n) is 8.58. The number of ether oxygens (including phenoxy) is 2. The van der Waals surface area contributed by atoms with E-state index in [-0.39, 0.29) is 18.7 Å². The monoisotopic (exact) mass is 354 g/mol. The number of rotatable bonds is 7. The zero-order valence-electron chi connectivity index (χ0n) is 14.9. The molecule has 0 radical (unpaired) electrons. The molecule has 1 N–H and O–H groups in total. The van der Waals surface area contributed by atoms with E-state index in [1.807, 2.05) is 44.2 Å². The topological polar surface area (TPSA) is 73.6 Å². The van der Waals surface area contributed by atoms with E-state index in [0.717, 1.165) is 16.8 Å². The molecule has 1 atom stereocenters. The van der Waals surface area contributed by atoms with E-state index < -0.39 is 6.10 Å². The maximum Gasteiger partial charge on any atom is 0.274 e. The Kier molecular flexibility index (Phi) is 5.53. The van der Waals surface area contributed by atoms with Crippen LogP contribution in [0.15, 0.2) is 53.3 Å². The van der Waals surface area contributed by atoms with Crippen molar-refractivity contribution in [1.82, 2.24) is 9.78 Å². The molecule has 0 fully saturated rings. The maximum absolute atomic E-state index is 12.5. The van der Waals surface area contributed by atoms with Crippen molar-refractivity contribution in [2.45, 2.75) is 26.5 Å². The molecule has 136 valence electrons. The molecule has 3 aromatic rings. The minimum absolute atomic E-state index is 0.0635. The SMILES string of the molecule is CCOc1ccc(OCC(O)Cn2nc(C)c3ccccc3c2=O)cc1. The molecular formula is C20H22N2O4. The van der Waals surface area contributed by atoms with Gasteiger partial charge in [0.05, 0.1) is 24.2 Å². The summed E-state index contributed by atoms with van der Waals surface area (Å²) in [4.78, 5) is 12.5. The highest BCUT2D eigenvalue weighted by molar-refractivity contribution is 5.83. The van der Waals surface area contributed by atoms with Gasteiger partial charge in [0.15, 0.2) is 0 Å². The lowest BCUT2D eigenvalue weighted by Gasteiger charge is -2.14. The summed E-state index contributed by atoms with van der Waals surface area (Å²) in [6, 6.07) is 14.5. The third-order valence-corrected chi connectivity index (χ3v) is 4.01. The van der Waals surface area contributed by atoms with Crippen molar-refractivity contribution in [3.05, 3.63) is 64.6 Å². The lowest BCUT2D eigenvalue weighted by Crippen LogP contribution is -2.32. The van der Waals surface area contributed by atoms with Crippen LogP contribution in [0.2, 0.25) is 0 Å². The fourth-order valence-electron chi connectivity index (χ4n) is 2.77. The van der Waals surface area contributed by atoms with Crippen molar-refractivity contribution in [2.24, 2.45) is 0 Å². The van der Waals surface area contributed by atoms with Crippen molar-refractivity contribution in [3.8, 4) is 11.5 Å².